The van der Waals surface area contributed by atoms with E-state index in [1.165, 1.54) is 6.08 Å². The number of pyridine rings is 1. The Balaban J connectivity index is 2.56. The van der Waals surface area contributed by atoms with Crippen LogP contribution in [-0.2, 0) is 0 Å². The summed E-state index contributed by atoms with van der Waals surface area (Å²) in [6, 6.07) is 7.74. The standard InChI is InChI=1S/C12H11NO/c1-2-12(14)10-4-3-9-5-6-13-8-11(9)7-10/h2-8,12,14H,1H2. The van der Waals surface area contributed by atoms with Crippen LogP contribution in [0, 0.1) is 0 Å². The number of fused-ring (bicyclic) bond motifs is 1. The molecule has 1 unspecified atom stereocenters. The van der Waals surface area contributed by atoms with Gasteiger partial charge in [-0.1, -0.05) is 18.2 Å². The van der Waals surface area contributed by atoms with Gasteiger partial charge in [0, 0.05) is 17.8 Å². The van der Waals surface area contributed by atoms with Gasteiger partial charge in [0.1, 0.15) is 0 Å². The minimum Gasteiger partial charge on any atom is -0.384 e. The highest BCUT2D eigenvalue weighted by atomic mass is 16.3. The molecule has 2 heteroatoms. The highest BCUT2D eigenvalue weighted by Crippen LogP contribution is 2.19. The van der Waals surface area contributed by atoms with E-state index in [-0.39, 0.29) is 0 Å². The minimum absolute atomic E-state index is 0.598. The molecule has 1 aromatic carbocycles. The lowest BCUT2D eigenvalue weighted by Gasteiger charge is -2.06. The summed E-state index contributed by atoms with van der Waals surface area (Å²) < 4.78 is 0. The first-order valence-corrected chi connectivity index (χ1v) is 4.45. The SMILES string of the molecule is C=CC(O)c1ccc2ccncc2c1. The maximum Gasteiger partial charge on any atom is 0.0969 e. The Labute approximate surface area is 82.5 Å². The molecular formula is C12H11NO. The van der Waals surface area contributed by atoms with Crippen LogP contribution in [0.4, 0.5) is 0 Å². The largest absolute Gasteiger partial charge is 0.384 e. The van der Waals surface area contributed by atoms with Crippen molar-refractivity contribution in [3.8, 4) is 0 Å². The predicted molar refractivity (Wildman–Crippen MR) is 56.9 cm³/mol. The summed E-state index contributed by atoms with van der Waals surface area (Å²) in [6.45, 7) is 3.55. The van der Waals surface area contributed by atoms with Crippen LogP contribution in [0.15, 0.2) is 49.3 Å². The fourth-order valence-corrected chi connectivity index (χ4v) is 1.42. The van der Waals surface area contributed by atoms with Gasteiger partial charge in [-0.15, -0.1) is 6.58 Å². The van der Waals surface area contributed by atoms with Crippen molar-refractivity contribution in [2.45, 2.75) is 6.10 Å². The quantitative estimate of drug-likeness (QED) is 0.729. The zero-order valence-corrected chi connectivity index (χ0v) is 7.72. The second kappa shape index (κ2) is 3.60. The molecule has 0 saturated heterocycles. The third-order valence-corrected chi connectivity index (χ3v) is 2.23. The molecule has 70 valence electrons. The molecule has 0 aliphatic heterocycles. The molecule has 0 spiro atoms. The highest BCUT2D eigenvalue weighted by molar-refractivity contribution is 5.82. The number of rotatable bonds is 2. The van der Waals surface area contributed by atoms with Crippen LogP contribution < -0.4 is 0 Å². The first-order chi connectivity index (χ1) is 6.81. The maximum absolute atomic E-state index is 9.55. The minimum atomic E-state index is -0.598. The van der Waals surface area contributed by atoms with E-state index >= 15 is 0 Å². The van der Waals surface area contributed by atoms with Gasteiger partial charge >= 0.3 is 0 Å². The molecule has 2 aromatic rings. The Hall–Kier alpha value is -1.67. The summed E-state index contributed by atoms with van der Waals surface area (Å²) in [4.78, 5) is 4.03. The zero-order valence-electron chi connectivity index (χ0n) is 7.72. The Kier molecular flexibility index (Phi) is 2.29. The molecule has 1 aromatic heterocycles. The van der Waals surface area contributed by atoms with Crippen molar-refractivity contribution in [2.75, 3.05) is 0 Å². The molecule has 2 nitrogen and oxygen atoms in total. The Morgan fingerprint density at radius 1 is 1.29 bits per heavy atom. The topological polar surface area (TPSA) is 33.1 Å². The van der Waals surface area contributed by atoms with Crippen molar-refractivity contribution in [1.82, 2.24) is 4.98 Å². The molecule has 0 aliphatic rings. The van der Waals surface area contributed by atoms with Crippen LogP contribution in [0.1, 0.15) is 11.7 Å². The third-order valence-electron chi connectivity index (χ3n) is 2.23. The summed E-state index contributed by atoms with van der Waals surface area (Å²) in [5.74, 6) is 0. The first-order valence-electron chi connectivity index (χ1n) is 4.45. The van der Waals surface area contributed by atoms with Crippen molar-refractivity contribution in [3.63, 3.8) is 0 Å². The normalized spacial score (nSPS) is 12.6. The van der Waals surface area contributed by atoms with Gasteiger partial charge in [0.25, 0.3) is 0 Å². The average Bonchev–Trinajstić information content (AvgIpc) is 2.27. The highest BCUT2D eigenvalue weighted by Gasteiger charge is 2.02. The van der Waals surface area contributed by atoms with Crippen molar-refractivity contribution < 1.29 is 5.11 Å². The summed E-state index contributed by atoms with van der Waals surface area (Å²) in [5, 5.41) is 11.7. The van der Waals surface area contributed by atoms with Gasteiger partial charge in [-0.25, -0.2) is 0 Å². The number of hydrogen-bond acceptors (Lipinski definition) is 2. The molecule has 0 radical (unpaired) electrons. The van der Waals surface area contributed by atoms with Gasteiger partial charge in [0.2, 0.25) is 0 Å². The predicted octanol–water partition coefficient (Wildman–Crippen LogP) is 2.45. The van der Waals surface area contributed by atoms with Crippen LogP contribution in [0.25, 0.3) is 10.8 Å². The molecule has 1 heterocycles. The molecule has 14 heavy (non-hydrogen) atoms. The summed E-state index contributed by atoms with van der Waals surface area (Å²) in [7, 11) is 0. The molecule has 2 rings (SSSR count). The van der Waals surface area contributed by atoms with E-state index in [1.54, 1.807) is 12.4 Å². The van der Waals surface area contributed by atoms with Gasteiger partial charge < -0.3 is 5.11 Å². The van der Waals surface area contributed by atoms with E-state index in [9.17, 15) is 5.11 Å². The van der Waals surface area contributed by atoms with E-state index in [4.69, 9.17) is 0 Å². The fourth-order valence-electron chi connectivity index (χ4n) is 1.42. The molecule has 0 bridgehead atoms. The van der Waals surface area contributed by atoms with E-state index in [1.807, 2.05) is 24.3 Å². The van der Waals surface area contributed by atoms with Crippen molar-refractivity contribution in [3.05, 3.63) is 54.9 Å². The smallest absolute Gasteiger partial charge is 0.0969 e. The zero-order chi connectivity index (χ0) is 9.97. The second-order valence-corrected chi connectivity index (χ2v) is 3.16. The van der Waals surface area contributed by atoms with Crippen LogP contribution in [-0.4, -0.2) is 10.1 Å². The van der Waals surface area contributed by atoms with Crippen LogP contribution in [0.5, 0.6) is 0 Å². The fraction of sp³-hybridized carbons (Fsp3) is 0.0833. The number of benzene rings is 1. The van der Waals surface area contributed by atoms with E-state index < -0.39 is 6.10 Å². The van der Waals surface area contributed by atoms with E-state index in [2.05, 4.69) is 11.6 Å². The number of aliphatic hydroxyl groups excluding tert-OH is 1. The maximum atomic E-state index is 9.55. The molecular weight excluding hydrogens is 174 g/mol. The average molecular weight is 185 g/mol. The lowest BCUT2D eigenvalue weighted by atomic mass is 10.1. The van der Waals surface area contributed by atoms with Gasteiger partial charge in [-0.2, -0.15) is 0 Å². The molecule has 1 atom stereocenters. The van der Waals surface area contributed by atoms with Crippen LogP contribution >= 0.6 is 0 Å². The number of aliphatic hydroxyl groups is 1. The molecule has 0 fully saturated rings. The lowest BCUT2D eigenvalue weighted by molar-refractivity contribution is 0.229. The van der Waals surface area contributed by atoms with Gasteiger partial charge in [0.15, 0.2) is 0 Å². The number of hydrogen-bond donors (Lipinski definition) is 1. The van der Waals surface area contributed by atoms with E-state index in [0.29, 0.717) is 0 Å². The summed E-state index contributed by atoms with van der Waals surface area (Å²) in [6.07, 6.45) is 4.46. The summed E-state index contributed by atoms with van der Waals surface area (Å²) in [5.41, 5.74) is 0.848. The number of aromatic nitrogens is 1. The van der Waals surface area contributed by atoms with E-state index in [0.717, 1.165) is 16.3 Å². The van der Waals surface area contributed by atoms with Crippen molar-refractivity contribution >= 4 is 10.8 Å². The Morgan fingerprint density at radius 3 is 2.93 bits per heavy atom. The lowest BCUT2D eigenvalue weighted by Crippen LogP contribution is -1.91. The van der Waals surface area contributed by atoms with Gasteiger partial charge in [-0.05, 0) is 23.1 Å². The third kappa shape index (κ3) is 1.52. The molecule has 0 amide bonds. The monoisotopic (exact) mass is 185 g/mol. The Bertz CT molecular complexity index is 465. The van der Waals surface area contributed by atoms with Crippen molar-refractivity contribution in [2.24, 2.45) is 0 Å². The van der Waals surface area contributed by atoms with Crippen LogP contribution in [0.3, 0.4) is 0 Å². The van der Waals surface area contributed by atoms with Gasteiger partial charge in [0.05, 0.1) is 6.10 Å². The molecule has 0 saturated carbocycles. The van der Waals surface area contributed by atoms with Crippen LogP contribution in [0.2, 0.25) is 0 Å². The summed E-state index contributed by atoms with van der Waals surface area (Å²) >= 11 is 0. The first kappa shape index (κ1) is 8.91. The Morgan fingerprint density at radius 2 is 2.14 bits per heavy atom. The molecule has 1 N–H and O–H groups in total. The second-order valence-electron chi connectivity index (χ2n) is 3.16. The molecule has 0 aliphatic carbocycles. The number of nitrogens with zero attached hydrogens (tertiary/aromatic N) is 1. The van der Waals surface area contributed by atoms with Gasteiger partial charge in [-0.3, -0.25) is 4.98 Å². The van der Waals surface area contributed by atoms with Crippen molar-refractivity contribution in [1.29, 1.82) is 0 Å².